The van der Waals surface area contributed by atoms with Crippen molar-refractivity contribution in [3.63, 3.8) is 0 Å². The average Bonchev–Trinajstić information content (AvgIpc) is 2.73. The Kier molecular flexibility index (Phi) is 7.55. The number of hydrogen-bond donors (Lipinski definition) is 1. The first-order valence-electron chi connectivity index (χ1n) is 10.8. The second kappa shape index (κ2) is 10.1. The highest BCUT2D eigenvalue weighted by molar-refractivity contribution is 7.92. The van der Waals surface area contributed by atoms with Gasteiger partial charge in [0.1, 0.15) is 0 Å². The second-order valence-electron chi connectivity index (χ2n) is 8.32. The van der Waals surface area contributed by atoms with E-state index in [0.29, 0.717) is 17.8 Å². The number of sulfonamides is 1. The number of rotatable bonds is 8. The summed E-state index contributed by atoms with van der Waals surface area (Å²) in [6.07, 6.45) is 9.23. The van der Waals surface area contributed by atoms with Crippen molar-refractivity contribution < 1.29 is 13.2 Å². The van der Waals surface area contributed by atoms with Gasteiger partial charge in [-0.3, -0.25) is 9.10 Å². The largest absolute Gasteiger partial charge is 0.352 e. The Morgan fingerprint density at radius 3 is 2.29 bits per heavy atom. The normalized spacial score (nSPS) is 14.1. The van der Waals surface area contributed by atoms with E-state index in [4.69, 9.17) is 0 Å². The molecule has 2 aromatic rings. The number of amides is 1. The van der Waals surface area contributed by atoms with Crippen LogP contribution in [0, 0.1) is 13.8 Å². The molecular weight excluding hydrogens is 408 g/mol. The van der Waals surface area contributed by atoms with Crippen molar-refractivity contribution in [2.45, 2.75) is 52.5 Å². The predicted molar refractivity (Wildman–Crippen MR) is 127 cm³/mol. The number of hydrogen-bond acceptors (Lipinski definition) is 3. The first-order valence-corrected chi connectivity index (χ1v) is 12.7. The fraction of sp³-hybridized carbons (Fsp3) is 0.400. The summed E-state index contributed by atoms with van der Waals surface area (Å²) in [5.74, 6) is -0.0994. The van der Waals surface area contributed by atoms with Crippen molar-refractivity contribution in [3.05, 3.63) is 76.4 Å². The Balaban J connectivity index is 1.67. The van der Waals surface area contributed by atoms with Gasteiger partial charge in [-0.1, -0.05) is 42.0 Å². The minimum Gasteiger partial charge on any atom is -0.352 e. The first kappa shape index (κ1) is 23.1. The fourth-order valence-corrected chi connectivity index (χ4v) is 5.06. The van der Waals surface area contributed by atoms with Gasteiger partial charge in [-0.05, 0) is 74.8 Å². The minimum absolute atomic E-state index is 0.0994. The Hall–Kier alpha value is -2.60. The van der Waals surface area contributed by atoms with Crippen LogP contribution in [-0.2, 0) is 16.6 Å². The molecule has 6 heteroatoms. The van der Waals surface area contributed by atoms with Gasteiger partial charge >= 0.3 is 0 Å². The van der Waals surface area contributed by atoms with E-state index in [1.807, 2.05) is 44.2 Å². The van der Waals surface area contributed by atoms with Crippen LogP contribution < -0.4 is 9.62 Å². The number of anilines is 1. The standard InChI is InChI=1S/C25H32N2O3S/c1-19-8-7-9-20(2)24(19)27(31(3,29)30)18-22-12-14-23(15-13-22)25(28)26-17-16-21-10-5-4-6-11-21/h7-10,12-15H,4-6,11,16-18H2,1-3H3,(H,26,28). The van der Waals surface area contributed by atoms with E-state index in [1.54, 1.807) is 12.1 Å². The lowest BCUT2D eigenvalue weighted by atomic mass is 9.97. The molecule has 0 aromatic heterocycles. The molecule has 0 saturated heterocycles. The van der Waals surface area contributed by atoms with E-state index in [-0.39, 0.29) is 12.5 Å². The van der Waals surface area contributed by atoms with E-state index >= 15 is 0 Å². The number of aryl methyl sites for hydroxylation is 2. The van der Waals surface area contributed by atoms with Crippen LogP contribution in [0.4, 0.5) is 5.69 Å². The number of benzene rings is 2. The zero-order chi connectivity index (χ0) is 22.4. The molecule has 2 aromatic carbocycles. The molecule has 0 fully saturated rings. The van der Waals surface area contributed by atoms with Crippen molar-refractivity contribution in [2.75, 3.05) is 17.1 Å². The zero-order valence-corrected chi connectivity index (χ0v) is 19.5. The average molecular weight is 441 g/mol. The molecule has 0 heterocycles. The maximum Gasteiger partial charge on any atom is 0.251 e. The molecule has 0 spiro atoms. The van der Waals surface area contributed by atoms with E-state index in [0.717, 1.165) is 36.0 Å². The Labute approximate surface area is 186 Å². The number of carbonyl (C=O) groups excluding carboxylic acids is 1. The van der Waals surface area contributed by atoms with Gasteiger partial charge in [0, 0.05) is 12.1 Å². The number of nitrogens with zero attached hydrogens (tertiary/aromatic N) is 1. The van der Waals surface area contributed by atoms with Crippen LogP contribution in [0.1, 0.15) is 59.2 Å². The van der Waals surface area contributed by atoms with Crippen LogP contribution in [0.2, 0.25) is 0 Å². The fourth-order valence-electron chi connectivity index (χ4n) is 4.06. The smallest absolute Gasteiger partial charge is 0.251 e. The Morgan fingerprint density at radius 2 is 1.71 bits per heavy atom. The Morgan fingerprint density at radius 1 is 1.03 bits per heavy atom. The van der Waals surface area contributed by atoms with Gasteiger partial charge < -0.3 is 5.32 Å². The summed E-state index contributed by atoms with van der Waals surface area (Å²) < 4.78 is 26.5. The molecule has 1 aliphatic rings. The summed E-state index contributed by atoms with van der Waals surface area (Å²) in [5, 5.41) is 2.99. The highest BCUT2D eigenvalue weighted by atomic mass is 32.2. The summed E-state index contributed by atoms with van der Waals surface area (Å²) in [6.45, 7) is 4.69. The molecule has 0 saturated carbocycles. The third-order valence-electron chi connectivity index (χ3n) is 5.75. The van der Waals surface area contributed by atoms with E-state index in [2.05, 4.69) is 11.4 Å². The summed E-state index contributed by atoms with van der Waals surface area (Å²) >= 11 is 0. The Bertz CT molecular complexity index is 1040. The molecule has 1 amide bonds. The molecule has 0 bridgehead atoms. The monoisotopic (exact) mass is 440 g/mol. The number of allylic oxidation sites excluding steroid dienone is 1. The van der Waals surface area contributed by atoms with Crippen LogP contribution >= 0.6 is 0 Å². The topological polar surface area (TPSA) is 66.5 Å². The lowest BCUT2D eigenvalue weighted by molar-refractivity contribution is 0.0954. The van der Waals surface area contributed by atoms with E-state index < -0.39 is 10.0 Å². The van der Waals surface area contributed by atoms with Crippen molar-refractivity contribution >= 4 is 21.6 Å². The first-order chi connectivity index (χ1) is 14.8. The molecule has 3 rings (SSSR count). The molecule has 0 aliphatic heterocycles. The third-order valence-corrected chi connectivity index (χ3v) is 6.86. The molecule has 0 unspecified atom stereocenters. The van der Waals surface area contributed by atoms with Crippen LogP contribution in [0.15, 0.2) is 54.1 Å². The molecule has 0 atom stereocenters. The predicted octanol–water partition coefficient (Wildman–Crippen LogP) is 4.89. The molecular formula is C25H32N2O3S. The number of nitrogens with one attached hydrogen (secondary N) is 1. The number of para-hydroxylation sites is 1. The maximum absolute atomic E-state index is 12.5. The quantitative estimate of drug-likeness (QED) is 0.594. The molecule has 1 N–H and O–H groups in total. The SMILES string of the molecule is Cc1cccc(C)c1N(Cc1ccc(C(=O)NCCC2=CCCCC2)cc1)S(C)(=O)=O. The molecule has 1 aliphatic carbocycles. The minimum atomic E-state index is -3.46. The maximum atomic E-state index is 12.5. The van der Waals surface area contributed by atoms with Crippen molar-refractivity contribution in [1.82, 2.24) is 5.32 Å². The number of carbonyl (C=O) groups is 1. The summed E-state index contributed by atoms with van der Waals surface area (Å²) in [7, 11) is -3.46. The summed E-state index contributed by atoms with van der Waals surface area (Å²) in [6, 6.07) is 12.9. The third kappa shape index (κ3) is 6.20. The highest BCUT2D eigenvalue weighted by Crippen LogP contribution is 2.28. The van der Waals surface area contributed by atoms with Gasteiger partial charge in [-0.25, -0.2) is 8.42 Å². The highest BCUT2D eigenvalue weighted by Gasteiger charge is 2.21. The van der Waals surface area contributed by atoms with Gasteiger partial charge in [0.25, 0.3) is 5.91 Å². The van der Waals surface area contributed by atoms with Gasteiger partial charge in [-0.15, -0.1) is 0 Å². The van der Waals surface area contributed by atoms with Gasteiger partial charge in [0.05, 0.1) is 18.5 Å². The summed E-state index contributed by atoms with van der Waals surface area (Å²) in [4.78, 5) is 12.5. The van der Waals surface area contributed by atoms with Crippen LogP contribution in [0.25, 0.3) is 0 Å². The summed E-state index contributed by atoms with van der Waals surface area (Å²) in [5.41, 5.74) is 5.39. The van der Waals surface area contributed by atoms with Crippen LogP contribution in [0.3, 0.4) is 0 Å². The van der Waals surface area contributed by atoms with Crippen LogP contribution in [-0.4, -0.2) is 27.1 Å². The molecule has 31 heavy (non-hydrogen) atoms. The molecule has 166 valence electrons. The van der Waals surface area contributed by atoms with Crippen LogP contribution in [0.5, 0.6) is 0 Å². The zero-order valence-electron chi connectivity index (χ0n) is 18.6. The second-order valence-corrected chi connectivity index (χ2v) is 10.2. The van der Waals surface area contributed by atoms with Gasteiger partial charge in [-0.2, -0.15) is 0 Å². The van der Waals surface area contributed by atoms with Crippen molar-refractivity contribution in [1.29, 1.82) is 0 Å². The van der Waals surface area contributed by atoms with Crippen molar-refractivity contribution in [3.8, 4) is 0 Å². The van der Waals surface area contributed by atoms with E-state index in [1.165, 1.54) is 29.0 Å². The molecule has 5 nitrogen and oxygen atoms in total. The van der Waals surface area contributed by atoms with E-state index in [9.17, 15) is 13.2 Å². The molecule has 0 radical (unpaired) electrons. The van der Waals surface area contributed by atoms with Gasteiger partial charge in [0.2, 0.25) is 10.0 Å². The van der Waals surface area contributed by atoms with Crippen molar-refractivity contribution in [2.24, 2.45) is 0 Å². The lowest BCUT2D eigenvalue weighted by Gasteiger charge is -2.26. The lowest BCUT2D eigenvalue weighted by Crippen LogP contribution is -2.30. The van der Waals surface area contributed by atoms with Gasteiger partial charge in [0.15, 0.2) is 0 Å².